The molecule has 3 aromatic carbocycles. The Hall–Kier alpha value is -3.78. The summed E-state index contributed by atoms with van der Waals surface area (Å²) in [7, 11) is 1.63. The van der Waals surface area contributed by atoms with Crippen LogP contribution in [0.4, 0.5) is 5.69 Å². The molecule has 1 atom stereocenters. The zero-order chi connectivity index (χ0) is 24.2. The SMILES string of the molecule is CCOc1ccc([C@@H]2Nc3ccccc3-c3nnc(SCc4ccc(C)cc4)nc3O2)cc1OC. The maximum Gasteiger partial charge on any atom is 0.247 e. The van der Waals surface area contributed by atoms with Crippen LogP contribution in [0.25, 0.3) is 11.3 Å². The number of thioether (sulfide) groups is 1. The van der Waals surface area contributed by atoms with Gasteiger partial charge >= 0.3 is 0 Å². The summed E-state index contributed by atoms with van der Waals surface area (Å²) >= 11 is 1.53. The van der Waals surface area contributed by atoms with Crippen LogP contribution in [0.15, 0.2) is 71.9 Å². The third-order valence-electron chi connectivity index (χ3n) is 5.61. The number of nitrogens with one attached hydrogen (secondary N) is 1. The van der Waals surface area contributed by atoms with Gasteiger partial charge in [0.15, 0.2) is 23.4 Å². The largest absolute Gasteiger partial charge is 0.493 e. The highest BCUT2D eigenvalue weighted by atomic mass is 32.2. The molecular formula is C27H26N4O3S. The van der Waals surface area contributed by atoms with Crippen molar-refractivity contribution in [1.82, 2.24) is 15.2 Å². The van der Waals surface area contributed by atoms with Crippen molar-refractivity contribution in [3.8, 4) is 28.6 Å². The molecule has 1 aliphatic heterocycles. The van der Waals surface area contributed by atoms with E-state index in [0.717, 1.165) is 22.6 Å². The molecule has 0 unspecified atom stereocenters. The standard InChI is InChI=1S/C27H26N4O3S/c1-4-33-22-14-13-19(15-23(22)32-3)25-28-21-8-6-5-7-20(21)24-26(34-25)29-27(31-30-24)35-16-18-11-9-17(2)10-12-18/h5-15,25,28H,4,16H2,1-3H3/t25-/m1/s1. The quantitative estimate of drug-likeness (QED) is 0.316. The van der Waals surface area contributed by atoms with Gasteiger partial charge in [-0.15, -0.1) is 10.2 Å². The lowest BCUT2D eigenvalue weighted by Gasteiger charge is -2.20. The summed E-state index contributed by atoms with van der Waals surface area (Å²) in [5.74, 6) is 2.51. The van der Waals surface area contributed by atoms with Gasteiger partial charge in [-0.1, -0.05) is 59.8 Å². The number of aryl methyl sites for hydroxylation is 1. The van der Waals surface area contributed by atoms with Gasteiger partial charge in [0.1, 0.15) is 0 Å². The second-order valence-corrected chi connectivity index (χ2v) is 9.00. The van der Waals surface area contributed by atoms with Crippen molar-refractivity contribution in [2.24, 2.45) is 0 Å². The highest BCUT2D eigenvalue weighted by Gasteiger charge is 2.26. The minimum atomic E-state index is -0.506. The fourth-order valence-corrected chi connectivity index (χ4v) is 4.55. The number of nitrogens with zero attached hydrogens (tertiary/aromatic N) is 3. The van der Waals surface area contributed by atoms with Crippen LogP contribution in [0.3, 0.4) is 0 Å². The van der Waals surface area contributed by atoms with E-state index < -0.39 is 6.23 Å². The van der Waals surface area contributed by atoms with Crippen LogP contribution in [0, 0.1) is 6.92 Å². The number of anilines is 1. The van der Waals surface area contributed by atoms with Gasteiger partial charge in [0.25, 0.3) is 0 Å². The summed E-state index contributed by atoms with van der Waals surface area (Å²) in [6.45, 7) is 4.58. The van der Waals surface area contributed by atoms with Crippen molar-refractivity contribution < 1.29 is 14.2 Å². The zero-order valence-electron chi connectivity index (χ0n) is 19.8. The van der Waals surface area contributed by atoms with Gasteiger partial charge in [0.05, 0.1) is 13.7 Å². The number of fused-ring (bicyclic) bond motifs is 3. The molecule has 0 spiro atoms. The Morgan fingerprint density at radius 1 is 1.00 bits per heavy atom. The molecule has 1 aromatic heterocycles. The average molecular weight is 487 g/mol. The van der Waals surface area contributed by atoms with E-state index in [0.29, 0.717) is 34.8 Å². The van der Waals surface area contributed by atoms with Gasteiger partial charge in [0, 0.05) is 22.6 Å². The Kier molecular flexibility index (Phi) is 6.72. The Balaban J connectivity index is 1.47. The van der Waals surface area contributed by atoms with Gasteiger partial charge in [-0.25, -0.2) is 0 Å². The van der Waals surface area contributed by atoms with Gasteiger partial charge in [0.2, 0.25) is 11.0 Å². The van der Waals surface area contributed by atoms with Crippen LogP contribution in [0.2, 0.25) is 0 Å². The number of ether oxygens (including phenoxy) is 3. The second-order valence-electron chi connectivity index (χ2n) is 8.05. The van der Waals surface area contributed by atoms with E-state index >= 15 is 0 Å². The van der Waals surface area contributed by atoms with E-state index in [1.165, 1.54) is 22.9 Å². The maximum atomic E-state index is 6.40. The van der Waals surface area contributed by atoms with E-state index in [1.807, 2.05) is 49.4 Å². The molecule has 0 saturated heterocycles. The third kappa shape index (κ3) is 5.02. The molecule has 4 aromatic rings. The first-order valence-corrected chi connectivity index (χ1v) is 12.4. The van der Waals surface area contributed by atoms with Crippen molar-refractivity contribution in [3.05, 3.63) is 83.4 Å². The number of hydrogen-bond donors (Lipinski definition) is 1. The second kappa shape index (κ2) is 10.2. The highest BCUT2D eigenvalue weighted by molar-refractivity contribution is 7.98. The normalized spacial score (nSPS) is 14.1. The predicted octanol–water partition coefficient (Wildman–Crippen LogP) is 6.05. The Bertz CT molecular complexity index is 1330. The summed E-state index contributed by atoms with van der Waals surface area (Å²) in [4.78, 5) is 4.74. The molecule has 0 radical (unpaired) electrons. The lowest BCUT2D eigenvalue weighted by Crippen LogP contribution is -2.17. The molecule has 2 heterocycles. The maximum absolute atomic E-state index is 6.40. The molecule has 35 heavy (non-hydrogen) atoms. The molecule has 8 heteroatoms. The molecular weight excluding hydrogens is 460 g/mol. The lowest BCUT2D eigenvalue weighted by atomic mass is 10.1. The van der Waals surface area contributed by atoms with Crippen molar-refractivity contribution in [1.29, 1.82) is 0 Å². The van der Waals surface area contributed by atoms with Gasteiger partial charge in [-0.2, -0.15) is 4.98 Å². The molecule has 0 amide bonds. The lowest BCUT2D eigenvalue weighted by molar-refractivity contribution is 0.224. The zero-order valence-corrected chi connectivity index (χ0v) is 20.6. The van der Waals surface area contributed by atoms with E-state index in [2.05, 4.69) is 46.7 Å². The van der Waals surface area contributed by atoms with Crippen LogP contribution >= 0.6 is 11.8 Å². The minimum Gasteiger partial charge on any atom is -0.493 e. The molecule has 1 aliphatic rings. The van der Waals surface area contributed by atoms with E-state index in [-0.39, 0.29) is 0 Å². The Morgan fingerprint density at radius 2 is 1.83 bits per heavy atom. The first-order valence-electron chi connectivity index (χ1n) is 11.4. The fourth-order valence-electron chi connectivity index (χ4n) is 3.81. The monoisotopic (exact) mass is 486 g/mol. The highest BCUT2D eigenvalue weighted by Crippen LogP contribution is 2.41. The smallest absolute Gasteiger partial charge is 0.247 e. The first kappa shape index (κ1) is 23.0. The van der Waals surface area contributed by atoms with Crippen molar-refractivity contribution >= 4 is 17.4 Å². The average Bonchev–Trinajstić information content (AvgIpc) is 3.05. The minimum absolute atomic E-state index is 0.432. The summed E-state index contributed by atoms with van der Waals surface area (Å²) in [5.41, 5.74) is 5.69. The van der Waals surface area contributed by atoms with E-state index in [4.69, 9.17) is 19.2 Å². The van der Waals surface area contributed by atoms with Crippen LogP contribution in [0.1, 0.15) is 29.8 Å². The van der Waals surface area contributed by atoms with Crippen LogP contribution in [-0.4, -0.2) is 28.9 Å². The molecule has 0 bridgehead atoms. The molecule has 0 fully saturated rings. The van der Waals surface area contributed by atoms with Crippen molar-refractivity contribution in [3.63, 3.8) is 0 Å². The summed E-state index contributed by atoms with van der Waals surface area (Å²) in [6.07, 6.45) is -0.506. The van der Waals surface area contributed by atoms with Crippen molar-refractivity contribution in [2.75, 3.05) is 19.0 Å². The van der Waals surface area contributed by atoms with Gasteiger partial charge in [-0.05, 0) is 43.7 Å². The van der Waals surface area contributed by atoms with Crippen LogP contribution < -0.4 is 19.5 Å². The Labute approximate surface area is 208 Å². The number of aromatic nitrogens is 3. The van der Waals surface area contributed by atoms with Crippen molar-refractivity contribution in [2.45, 2.75) is 31.0 Å². The molecule has 5 rings (SSSR count). The number of para-hydroxylation sites is 1. The molecule has 0 saturated carbocycles. The number of benzene rings is 3. The molecule has 1 N–H and O–H groups in total. The third-order valence-corrected chi connectivity index (χ3v) is 6.52. The van der Waals surface area contributed by atoms with Crippen LogP contribution in [0.5, 0.6) is 17.4 Å². The van der Waals surface area contributed by atoms with Crippen LogP contribution in [-0.2, 0) is 5.75 Å². The first-order chi connectivity index (χ1) is 17.1. The number of methoxy groups -OCH3 is 1. The van der Waals surface area contributed by atoms with Gasteiger partial charge in [-0.3, -0.25) is 0 Å². The van der Waals surface area contributed by atoms with Gasteiger partial charge < -0.3 is 19.5 Å². The van der Waals surface area contributed by atoms with E-state index in [1.54, 1.807) is 7.11 Å². The summed E-state index contributed by atoms with van der Waals surface area (Å²) in [5, 5.41) is 12.9. The number of rotatable bonds is 7. The number of hydrogen-bond acceptors (Lipinski definition) is 8. The molecule has 178 valence electrons. The molecule has 7 nitrogen and oxygen atoms in total. The summed E-state index contributed by atoms with van der Waals surface area (Å²) in [6, 6.07) is 22.1. The van der Waals surface area contributed by atoms with E-state index in [9.17, 15) is 0 Å². The topological polar surface area (TPSA) is 78.4 Å². The Morgan fingerprint density at radius 3 is 2.63 bits per heavy atom. The predicted molar refractivity (Wildman–Crippen MR) is 137 cm³/mol. The molecule has 0 aliphatic carbocycles. The fraction of sp³-hybridized carbons (Fsp3) is 0.222. The summed E-state index contributed by atoms with van der Waals surface area (Å²) < 4.78 is 17.6.